The minimum absolute atomic E-state index is 0.165. The van der Waals surface area contributed by atoms with E-state index in [0.29, 0.717) is 6.04 Å². The number of aryl methyl sites for hydroxylation is 1. The quantitative estimate of drug-likeness (QED) is 0.923. The fraction of sp³-hybridized carbons (Fsp3) is 0.667. The van der Waals surface area contributed by atoms with Crippen molar-refractivity contribution in [2.24, 2.45) is 0 Å². The van der Waals surface area contributed by atoms with Crippen LogP contribution < -0.4 is 10.2 Å². The number of likely N-dealkylation sites (N-methyl/N-ethyl adjacent to an activating group) is 1. The van der Waals surface area contributed by atoms with E-state index >= 15 is 0 Å². The largest absolute Gasteiger partial charge is 0.369 e. The van der Waals surface area contributed by atoms with Crippen molar-refractivity contribution in [2.45, 2.75) is 52.7 Å². The lowest BCUT2D eigenvalue weighted by Gasteiger charge is -2.39. The van der Waals surface area contributed by atoms with Gasteiger partial charge in [0, 0.05) is 43.4 Å². The highest BCUT2D eigenvalue weighted by Gasteiger charge is 2.21. The van der Waals surface area contributed by atoms with E-state index in [-0.39, 0.29) is 5.54 Å². The normalized spacial score (nSPS) is 20.9. The molecule has 1 aromatic carbocycles. The summed E-state index contributed by atoms with van der Waals surface area (Å²) >= 11 is 0. The molecule has 1 aromatic rings. The minimum Gasteiger partial charge on any atom is -0.369 e. The second kappa shape index (κ2) is 6.37. The Hall–Kier alpha value is -1.06. The van der Waals surface area contributed by atoms with Crippen LogP contribution in [0, 0.1) is 6.92 Å². The smallest absolute Gasteiger partial charge is 0.0370 e. The zero-order valence-corrected chi connectivity index (χ0v) is 14.5. The molecule has 0 amide bonds. The summed E-state index contributed by atoms with van der Waals surface area (Å²) < 4.78 is 0. The Bertz CT molecular complexity index is 476. The maximum absolute atomic E-state index is 3.57. The minimum atomic E-state index is 0.165. The van der Waals surface area contributed by atoms with Gasteiger partial charge in [0.2, 0.25) is 0 Å². The van der Waals surface area contributed by atoms with Gasteiger partial charge in [0.1, 0.15) is 0 Å². The maximum atomic E-state index is 3.57. The maximum Gasteiger partial charge on any atom is 0.0370 e. The first-order chi connectivity index (χ1) is 9.76. The van der Waals surface area contributed by atoms with Gasteiger partial charge in [-0.05, 0) is 64.9 Å². The van der Waals surface area contributed by atoms with Gasteiger partial charge in [0.15, 0.2) is 0 Å². The van der Waals surface area contributed by atoms with E-state index in [4.69, 9.17) is 0 Å². The predicted molar refractivity (Wildman–Crippen MR) is 92.1 cm³/mol. The van der Waals surface area contributed by atoms with Crippen LogP contribution in [0.4, 0.5) is 5.69 Å². The van der Waals surface area contributed by atoms with Crippen LogP contribution in [0.1, 0.15) is 38.8 Å². The molecule has 0 saturated carbocycles. The molecule has 1 fully saturated rings. The monoisotopic (exact) mass is 289 g/mol. The highest BCUT2D eigenvalue weighted by atomic mass is 15.3. The van der Waals surface area contributed by atoms with Crippen molar-refractivity contribution in [3.05, 3.63) is 29.3 Å². The molecule has 3 nitrogen and oxygen atoms in total. The van der Waals surface area contributed by atoms with E-state index in [9.17, 15) is 0 Å². The molecule has 0 aromatic heterocycles. The van der Waals surface area contributed by atoms with Gasteiger partial charge in [-0.3, -0.25) is 0 Å². The lowest BCUT2D eigenvalue weighted by molar-refractivity contribution is 0.234. The third kappa shape index (κ3) is 4.45. The Morgan fingerprint density at radius 1 is 1.24 bits per heavy atom. The molecule has 1 unspecified atom stereocenters. The Balaban J connectivity index is 2.05. The summed E-state index contributed by atoms with van der Waals surface area (Å²) in [6.45, 7) is 15.5. The average Bonchev–Trinajstić information content (AvgIpc) is 2.39. The summed E-state index contributed by atoms with van der Waals surface area (Å²) in [6, 6.07) is 7.54. The Morgan fingerprint density at radius 3 is 2.52 bits per heavy atom. The van der Waals surface area contributed by atoms with Gasteiger partial charge in [0.25, 0.3) is 0 Å². The second-order valence-corrected chi connectivity index (χ2v) is 7.49. The number of rotatable bonds is 3. The van der Waals surface area contributed by atoms with Gasteiger partial charge in [-0.1, -0.05) is 6.07 Å². The molecule has 0 bridgehead atoms. The van der Waals surface area contributed by atoms with Crippen LogP contribution >= 0.6 is 0 Å². The predicted octanol–water partition coefficient (Wildman–Crippen LogP) is 3.02. The molecule has 1 aliphatic heterocycles. The number of piperazine rings is 1. The van der Waals surface area contributed by atoms with Crippen molar-refractivity contribution >= 4 is 5.69 Å². The van der Waals surface area contributed by atoms with Crippen molar-refractivity contribution in [3.8, 4) is 0 Å². The van der Waals surface area contributed by atoms with E-state index in [0.717, 1.165) is 26.2 Å². The van der Waals surface area contributed by atoms with Crippen LogP contribution in [0.15, 0.2) is 18.2 Å². The van der Waals surface area contributed by atoms with Gasteiger partial charge >= 0.3 is 0 Å². The molecule has 118 valence electrons. The number of nitrogens with one attached hydrogen (secondary N) is 1. The van der Waals surface area contributed by atoms with Crippen molar-refractivity contribution in [2.75, 3.05) is 31.6 Å². The SMILES string of the molecule is Cc1cc(N2CCN(C)C(C)C2)ccc1CNC(C)(C)C. The molecule has 1 saturated heterocycles. The van der Waals surface area contributed by atoms with E-state index in [1.807, 2.05) is 0 Å². The second-order valence-electron chi connectivity index (χ2n) is 7.49. The van der Waals surface area contributed by atoms with Crippen LogP contribution in [0.3, 0.4) is 0 Å². The first kappa shape index (κ1) is 16.3. The highest BCUT2D eigenvalue weighted by molar-refractivity contribution is 5.51. The van der Waals surface area contributed by atoms with Crippen LogP contribution in [0.25, 0.3) is 0 Å². The summed E-state index contributed by atoms with van der Waals surface area (Å²) in [4.78, 5) is 4.95. The van der Waals surface area contributed by atoms with Gasteiger partial charge in [-0.15, -0.1) is 0 Å². The van der Waals surface area contributed by atoms with Gasteiger partial charge in [-0.25, -0.2) is 0 Å². The Labute approximate surface area is 130 Å². The summed E-state index contributed by atoms with van der Waals surface area (Å²) in [5.41, 5.74) is 4.32. The Kier molecular flexibility index (Phi) is 4.95. The van der Waals surface area contributed by atoms with Crippen LogP contribution in [0.5, 0.6) is 0 Å². The van der Waals surface area contributed by atoms with Crippen molar-refractivity contribution in [1.82, 2.24) is 10.2 Å². The van der Waals surface area contributed by atoms with E-state index in [2.05, 4.69) is 75.0 Å². The lowest BCUT2D eigenvalue weighted by Crippen LogP contribution is -2.50. The van der Waals surface area contributed by atoms with Crippen LogP contribution in [0.2, 0.25) is 0 Å². The molecular formula is C18H31N3. The first-order valence-electron chi connectivity index (χ1n) is 8.06. The summed E-state index contributed by atoms with van der Waals surface area (Å²) in [7, 11) is 2.22. The third-order valence-corrected chi connectivity index (χ3v) is 4.46. The molecule has 2 rings (SSSR count). The molecule has 1 atom stereocenters. The molecular weight excluding hydrogens is 258 g/mol. The number of anilines is 1. The number of nitrogens with zero attached hydrogens (tertiary/aromatic N) is 2. The molecule has 1 heterocycles. The molecule has 0 aliphatic carbocycles. The zero-order chi connectivity index (χ0) is 15.6. The summed E-state index contributed by atoms with van der Waals surface area (Å²) in [5, 5.41) is 3.57. The van der Waals surface area contributed by atoms with Crippen molar-refractivity contribution < 1.29 is 0 Å². The molecule has 1 aliphatic rings. The Morgan fingerprint density at radius 2 is 1.95 bits per heavy atom. The fourth-order valence-corrected chi connectivity index (χ4v) is 2.72. The molecule has 1 N–H and O–H groups in total. The number of benzene rings is 1. The van der Waals surface area contributed by atoms with E-state index in [1.165, 1.54) is 16.8 Å². The molecule has 0 radical (unpaired) electrons. The topological polar surface area (TPSA) is 18.5 Å². The van der Waals surface area contributed by atoms with E-state index < -0.39 is 0 Å². The van der Waals surface area contributed by atoms with E-state index in [1.54, 1.807) is 0 Å². The molecule has 21 heavy (non-hydrogen) atoms. The number of hydrogen-bond donors (Lipinski definition) is 1. The van der Waals surface area contributed by atoms with Crippen LogP contribution in [-0.2, 0) is 6.54 Å². The summed E-state index contributed by atoms with van der Waals surface area (Å²) in [5.74, 6) is 0. The zero-order valence-electron chi connectivity index (χ0n) is 14.5. The average molecular weight is 289 g/mol. The third-order valence-electron chi connectivity index (χ3n) is 4.46. The van der Waals surface area contributed by atoms with Gasteiger partial charge < -0.3 is 15.1 Å². The fourth-order valence-electron chi connectivity index (χ4n) is 2.72. The van der Waals surface area contributed by atoms with Crippen molar-refractivity contribution in [3.63, 3.8) is 0 Å². The van der Waals surface area contributed by atoms with Crippen LogP contribution in [-0.4, -0.2) is 43.2 Å². The standard InChI is InChI=1S/C18H31N3/c1-14-11-17(21-10-9-20(6)15(2)13-21)8-7-16(14)12-19-18(3,4)5/h7-8,11,15,19H,9-10,12-13H2,1-6H3. The highest BCUT2D eigenvalue weighted by Crippen LogP contribution is 2.22. The van der Waals surface area contributed by atoms with Crippen molar-refractivity contribution in [1.29, 1.82) is 0 Å². The summed E-state index contributed by atoms with van der Waals surface area (Å²) in [6.07, 6.45) is 0. The van der Waals surface area contributed by atoms with Gasteiger partial charge in [-0.2, -0.15) is 0 Å². The molecule has 3 heteroatoms. The van der Waals surface area contributed by atoms with Gasteiger partial charge in [0.05, 0.1) is 0 Å². The first-order valence-corrected chi connectivity index (χ1v) is 8.06. The lowest BCUT2D eigenvalue weighted by atomic mass is 10.0. The number of hydrogen-bond acceptors (Lipinski definition) is 3. The molecule has 0 spiro atoms.